The number of carbonyl (C=O) groups is 1. The van der Waals surface area contributed by atoms with Crippen LogP contribution >= 0.6 is 0 Å². The zero-order chi connectivity index (χ0) is 8.72. The zero-order valence-corrected chi connectivity index (χ0v) is 6.61. The van der Waals surface area contributed by atoms with Gasteiger partial charge < -0.3 is 9.67 Å². The highest BCUT2D eigenvalue weighted by Crippen LogP contribution is 2.23. The van der Waals surface area contributed by atoms with Gasteiger partial charge in [0.05, 0.1) is 17.7 Å². The maximum absolute atomic E-state index is 10.7. The van der Waals surface area contributed by atoms with Gasteiger partial charge in [0.15, 0.2) is 0 Å². The number of aromatic nitrogens is 2. The third kappa shape index (κ3) is 0.831. The van der Waals surface area contributed by atoms with Crippen LogP contribution in [0.2, 0.25) is 0 Å². The summed E-state index contributed by atoms with van der Waals surface area (Å²) in [4.78, 5) is 14.8. The van der Waals surface area contributed by atoms with E-state index >= 15 is 0 Å². The standard InChI is InChI=1S/C7H9N3O2/c1-10-3-9-4-2-8-5(6(4)10)7(11)12/h3,5,8H,2H2,1H3,(H,11,12). The van der Waals surface area contributed by atoms with E-state index in [1.54, 1.807) is 17.9 Å². The number of hydrogen-bond acceptors (Lipinski definition) is 3. The average molecular weight is 167 g/mol. The van der Waals surface area contributed by atoms with Crippen LogP contribution in [-0.4, -0.2) is 20.6 Å². The topological polar surface area (TPSA) is 67.2 Å². The molecule has 1 aromatic rings. The lowest BCUT2D eigenvalue weighted by atomic mass is 10.2. The molecule has 0 radical (unpaired) electrons. The van der Waals surface area contributed by atoms with Crippen molar-refractivity contribution in [3.8, 4) is 0 Å². The Morgan fingerprint density at radius 3 is 3.33 bits per heavy atom. The molecule has 5 nitrogen and oxygen atoms in total. The van der Waals surface area contributed by atoms with Crippen LogP contribution in [0, 0.1) is 0 Å². The maximum atomic E-state index is 10.7. The number of nitrogens with zero attached hydrogens (tertiary/aromatic N) is 2. The lowest BCUT2D eigenvalue weighted by Gasteiger charge is -2.06. The molecule has 0 aromatic carbocycles. The van der Waals surface area contributed by atoms with Crippen LogP contribution < -0.4 is 5.32 Å². The Morgan fingerprint density at radius 2 is 2.67 bits per heavy atom. The second-order valence-electron chi connectivity index (χ2n) is 2.84. The summed E-state index contributed by atoms with van der Waals surface area (Å²) in [5.74, 6) is -0.850. The number of fused-ring (bicyclic) bond motifs is 1. The Kier molecular flexibility index (Phi) is 1.41. The second-order valence-corrected chi connectivity index (χ2v) is 2.84. The molecule has 0 fully saturated rings. The van der Waals surface area contributed by atoms with E-state index in [2.05, 4.69) is 10.3 Å². The normalized spacial score (nSPS) is 20.9. The van der Waals surface area contributed by atoms with Gasteiger partial charge >= 0.3 is 5.97 Å². The Bertz CT molecular complexity index is 331. The van der Waals surface area contributed by atoms with Crippen LogP contribution in [0.4, 0.5) is 0 Å². The van der Waals surface area contributed by atoms with Crippen molar-refractivity contribution in [1.29, 1.82) is 0 Å². The fraction of sp³-hybridized carbons (Fsp3) is 0.429. The number of rotatable bonds is 1. The molecule has 1 aliphatic heterocycles. The summed E-state index contributed by atoms with van der Waals surface area (Å²) in [6, 6.07) is -0.590. The molecular weight excluding hydrogens is 158 g/mol. The van der Waals surface area contributed by atoms with Crippen molar-refractivity contribution in [3.05, 3.63) is 17.7 Å². The monoisotopic (exact) mass is 167 g/mol. The summed E-state index contributed by atoms with van der Waals surface area (Å²) >= 11 is 0. The summed E-state index contributed by atoms with van der Waals surface area (Å²) in [5.41, 5.74) is 1.60. The van der Waals surface area contributed by atoms with Crippen molar-refractivity contribution in [2.24, 2.45) is 7.05 Å². The van der Waals surface area contributed by atoms with Crippen molar-refractivity contribution in [2.75, 3.05) is 0 Å². The van der Waals surface area contributed by atoms with E-state index in [9.17, 15) is 4.79 Å². The van der Waals surface area contributed by atoms with Crippen LogP contribution in [-0.2, 0) is 18.4 Å². The molecule has 0 saturated carbocycles. The number of carboxylic acid groups (broad SMARTS) is 1. The molecule has 1 aromatic heterocycles. The molecule has 1 aliphatic rings. The summed E-state index contributed by atoms with van der Waals surface area (Å²) in [5, 5.41) is 11.7. The van der Waals surface area contributed by atoms with Crippen LogP contribution in [0.15, 0.2) is 6.33 Å². The number of imidazole rings is 1. The van der Waals surface area contributed by atoms with E-state index in [1.807, 2.05) is 0 Å². The summed E-state index contributed by atoms with van der Waals surface area (Å²) in [7, 11) is 1.80. The highest BCUT2D eigenvalue weighted by Gasteiger charge is 2.31. The molecule has 2 heterocycles. The van der Waals surface area contributed by atoms with E-state index in [1.165, 1.54) is 0 Å². The number of aryl methyl sites for hydroxylation is 1. The molecular formula is C7H9N3O2. The Morgan fingerprint density at radius 1 is 1.92 bits per heavy atom. The summed E-state index contributed by atoms with van der Waals surface area (Å²) in [6.07, 6.45) is 1.64. The Labute approximate surface area is 69.0 Å². The molecule has 0 bridgehead atoms. The minimum Gasteiger partial charge on any atom is -0.480 e. The van der Waals surface area contributed by atoms with Gasteiger partial charge in [-0.3, -0.25) is 10.1 Å². The highest BCUT2D eigenvalue weighted by atomic mass is 16.4. The van der Waals surface area contributed by atoms with Gasteiger partial charge in [-0.05, 0) is 0 Å². The molecule has 0 aliphatic carbocycles. The molecule has 1 atom stereocenters. The minimum absolute atomic E-state index is 0.549. The summed E-state index contributed by atoms with van der Waals surface area (Å²) in [6.45, 7) is 0.549. The molecule has 0 spiro atoms. The smallest absolute Gasteiger partial charge is 0.326 e. The van der Waals surface area contributed by atoms with E-state index in [4.69, 9.17) is 5.11 Å². The van der Waals surface area contributed by atoms with E-state index in [-0.39, 0.29) is 0 Å². The molecule has 1 unspecified atom stereocenters. The first kappa shape index (κ1) is 7.30. The summed E-state index contributed by atoms with van der Waals surface area (Å²) < 4.78 is 1.74. The van der Waals surface area contributed by atoms with Crippen LogP contribution in [0.3, 0.4) is 0 Å². The highest BCUT2D eigenvalue weighted by molar-refractivity contribution is 5.76. The number of nitrogens with one attached hydrogen (secondary N) is 1. The van der Waals surface area contributed by atoms with Gasteiger partial charge in [-0.2, -0.15) is 0 Å². The van der Waals surface area contributed by atoms with Crippen molar-refractivity contribution < 1.29 is 9.90 Å². The fourth-order valence-electron chi connectivity index (χ4n) is 1.49. The minimum atomic E-state index is -0.850. The van der Waals surface area contributed by atoms with Gasteiger partial charge in [0.1, 0.15) is 6.04 Å². The average Bonchev–Trinajstić information content (AvgIpc) is 2.53. The number of hydrogen-bond donors (Lipinski definition) is 2. The van der Waals surface area contributed by atoms with Gasteiger partial charge in [0, 0.05) is 13.6 Å². The third-order valence-electron chi connectivity index (χ3n) is 2.06. The maximum Gasteiger partial charge on any atom is 0.326 e. The first-order valence-electron chi connectivity index (χ1n) is 3.66. The predicted molar refractivity (Wildman–Crippen MR) is 40.4 cm³/mol. The van der Waals surface area contributed by atoms with Crippen molar-refractivity contribution in [2.45, 2.75) is 12.6 Å². The molecule has 12 heavy (non-hydrogen) atoms. The lowest BCUT2D eigenvalue weighted by Crippen LogP contribution is -2.23. The third-order valence-corrected chi connectivity index (χ3v) is 2.06. The second kappa shape index (κ2) is 2.31. The van der Waals surface area contributed by atoms with Crippen LogP contribution in [0.1, 0.15) is 17.4 Å². The molecule has 0 saturated heterocycles. The SMILES string of the molecule is Cn1cnc2c1C(C(=O)O)NC2. The first-order valence-corrected chi connectivity index (χ1v) is 3.66. The van der Waals surface area contributed by atoms with Gasteiger partial charge in [-0.1, -0.05) is 0 Å². The Hall–Kier alpha value is -1.36. The van der Waals surface area contributed by atoms with E-state index < -0.39 is 12.0 Å². The quantitative estimate of drug-likeness (QED) is 0.600. The molecule has 64 valence electrons. The van der Waals surface area contributed by atoms with Gasteiger partial charge in [-0.25, -0.2) is 4.98 Å². The van der Waals surface area contributed by atoms with E-state index in [0.717, 1.165) is 11.4 Å². The fourth-order valence-corrected chi connectivity index (χ4v) is 1.49. The molecule has 5 heteroatoms. The molecule has 0 amide bonds. The molecule has 2 N–H and O–H groups in total. The van der Waals surface area contributed by atoms with Crippen LogP contribution in [0.5, 0.6) is 0 Å². The van der Waals surface area contributed by atoms with Crippen molar-refractivity contribution in [3.63, 3.8) is 0 Å². The zero-order valence-electron chi connectivity index (χ0n) is 6.61. The van der Waals surface area contributed by atoms with Crippen molar-refractivity contribution >= 4 is 5.97 Å². The first-order chi connectivity index (χ1) is 5.70. The van der Waals surface area contributed by atoms with Crippen molar-refractivity contribution in [1.82, 2.24) is 14.9 Å². The van der Waals surface area contributed by atoms with Crippen LogP contribution in [0.25, 0.3) is 0 Å². The van der Waals surface area contributed by atoms with Gasteiger partial charge in [0.25, 0.3) is 0 Å². The van der Waals surface area contributed by atoms with E-state index in [0.29, 0.717) is 6.54 Å². The largest absolute Gasteiger partial charge is 0.480 e. The molecule has 2 rings (SSSR count). The number of carboxylic acids is 1. The number of aliphatic carboxylic acids is 1. The van der Waals surface area contributed by atoms with Gasteiger partial charge in [0.2, 0.25) is 0 Å². The Balaban J connectivity index is 2.46. The predicted octanol–water partition coefficient (Wildman–Crippen LogP) is -0.351. The van der Waals surface area contributed by atoms with Gasteiger partial charge in [-0.15, -0.1) is 0 Å². The lowest BCUT2D eigenvalue weighted by molar-refractivity contribution is -0.139.